The molecule has 0 aromatic carbocycles. The third-order valence-corrected chi connectivity index (χ3v) is 2.63. The first kappa shape index (κ1) is 12.9. The molecule has 0 atom stereocenters. The fourth-order valence-electron chi connectivity index (χ4n) is 1.60. The van der Waals surface area contributed by atoms with Gasteiger partial charge in [-0.15, -0.1) is 0 Å². The number of nitrogens with two attached hydrogens (primary N) is 1. The van der Waals surface area contributed by atoms with Crippen molar-refractivity contribution in [2.75, 3.05) is 18.5 Å². The molecular formula is C12H20FN3. The molecule has 0 aliphatic carbocycles. The lowest BCUT2D eigenvalue weighted by molar-refractivity contribution is 0.594. The van der Waals surface area contributed by atoms with Crippen LogP contribution in [0.25, 0.3) is 0 Å². The van der Waals surface area contributed by atoms with Crippen molar-refractivity contribution in [3.8, 4) is 0 Å². The Hall–Kier alpha value is -1.16. The summed E-state index contributed by atoms with van der Waals surface area (Å²) in [6.45, 7) is 3.18. The predicted octanol–water partition coefficient (Wildman–Crippen LogP) is 2.31. The van der Waals surface area contributed by atoms with Crippen LogP contribution in [0, 0.1) is 5.82 Å². The fourth-order valence-corrected chi connectivity index (χ4v) is 1.60. The summed E-state index contributed by atoms with van der Waals surface area (Å²) in [5.74, 6) is 0.114. The van der Waals surface area contributed by atoms with Crippen LogP contribution >= 0.6 is 0 Å². The second kappa shape index (κ2) is 6.43. The maximum atomic E-state index is 13.8. The van der Waals surface area contributed by atoms with Gasteiger partial charge in [0.25, 0.3) is 0 Å². The average molecular weight is 225 g/mol. The van der Waals surface area contributed by atoms with Crippen LogP contribution in [0.3, 0.4) is 0 Å². The molecule has 0 fully saturated rings. The molecule has 0 aliphatic heterocycles. The summed E-state index contributed by atoms with van der Waals surface area (Å²) in [7, 11) is 1.86. The topological polar surface area (TPSA) is 42.2 Å². The van der Waals surface area contributed by atoms with Crippen molar-refractivity contribution in [3.05, 3.63) is 23.6 Å². The van der Waals surface area contributed by atoms with E-state index in [1.54, 1.807) is 12.3 Å². The lowest BCUT2D eigenvalue weighted by Crippen LogP contribution is -2.21. The van der Waals surface area contributed by atoms with Gasteiger partial charge in [0.15, 0.2) is 11.6 Å². The molecule has 0 amide bonds. The molecule has 1 heterocycles. The quantitative estimate of drug-likeness (QED) is 0.755. The molecule has 0 radical (unpaired) electrons. The summed E-state index contributed by atoms with van der Waals surface area (Å²) in [4.78, 5) is 5.91. The van der Waals surface area contributed by atoms with Crippen LogP contribution in [0.15, 0.2) is 12.3 Å². The minimum atomic E-state index is -0.288. The zero-order valence-corrected chi connectivity index (χ0v) is 10.0. The lowest BCUT2D eigenvalue weighted by Gasteiger charge is -2.19. The highest BCUT2D eigenvalue weighted by Crippen LogP contribution is 2.18. The van der Waals surface area contributed by atoms with Gasteiger partial charge in [0.05, 0.1) is 0 Å². The number of halogens is 1. The number of hydrogen-bond donors (Lipinski definition) is 1. The summed E-state index contributed by atoms with van der Waals surface area (Å²) in [5, 5.41) is 0. The van der Waals surface area contributed by atoms with E-state index in [2.05, 4.69) is 11.9 Å². The number of unbranched alkanes of at least 4 members (excludes halogenated alkanes) is 2. The molecule has 1 aromatic heterocycles. The predicted molar refractivity (Wildman–Crippen MR) is 64.9 cm³/mol. The van der Waals surface area contributed by atoms with Crippen LogP contribution in [0.4, 0.5) is 10.2 Å². The van der Waals surface area contributed by atoms with E-state index in [0.29, 0.717) is 11.4 Å². The van der Waals surface area contributed by atoms with E-state index in [4.69, 9.17) is 5.73 Å². The van der Waals surface area contributed by atoms with Gasteiger partial charge >= 0.3 is 0 Å². The summed E-state index contributed by atoms with van der Waals surface area (Å²) in [5.41, 5.74) is 5.98. The Morgan fingerprint density at radius 3 is 2.81 bits per heavy atom. The number of rotatable bonds is 6. The Balaban J connectivity index is 2.71. The second-order valence-corrected chi connectivity index (χ2v) is 3.94. The molecule has 1 aromatic rings. The highest BCUT2D eigenvalue weighted by atomic mass is 19.1. The average Bonchev–Trinajstić information content (AvgIpc) is 2.29. The van der Waals surface area contributed by atoms with E-state index in [1.165, 1.54) is 0 Å². The molecule has 0 bridgehead atoms. The lowest BCUT2D eigenvalue weighted by atomic mass is 10.2. The van der Waals surface area contributed by atoms with Crippen LogP contribution in [0.5, 0.6) is 0 Å². The summed E-state index contributed by atoms with van der Waals surface area (Å²) >= 11 is 0. The van der Waals surface area contributed by atoms with Crippen molar-refractivity contribution in [1.82, 2.24) is 4.98 Å². The first-order valence-corrected chi connectivity index (χ1v) is 5.75. The van der Waals surface area contributed by atoms with Gasteiger partial charge in [-0.25, -0.2) is 9.37 Å². The summed E-state index contributed by atoms with van der Waals surface area (Å²) in [6.07, 6.45) is 4.98. The van der Waals surface area contributed by atoms with Crippen LogP contribution in [0.1, 0.15) is 31.7 Å². The van der Waals surface area contributed by atoms with Crippen LogP contribution < -0.4 is 10.6 Å². The van der Waals surface area contributed by atoms with E-state index in [1.807, 2.05) is 11.9 Å². The molecule has 0 saturated heterocycles. The number of nitrogens with zero attached hydrogens (tertiary/aromatic N) is 2. The Morgan fingerprint density at radius 1 is 1.44 bits per heavy atom. The summed E-state index contributed by atoms with van der Waals surface area (Å²) < 4.78 is 13.8. The zero-order valence-electron chi connectivity index (χ0n) is 10.0. The maximum Gasteiger partial charge on any atom is 0.170 e. The molecule has 0 aliphatic rings. The van der Waals surface area contributed by atoms with Gasteiger partial charge in [-0.1, -0.05) is 19.8 Å². The molecule has 2 N–H and O–H groups in total. The Bertz CT molecular complexity index is 328. The molecule has 0 spiro atoms. The van der Waals surface area contributed by atoms with Crippen LogP contribution in [-0.2, 0) is 6.54 Å². The minimum Gasteiger partial charge on any atom is -0.357 e. The van der Waals surface area contributed by atoms with Crippen LogP contribution in [-0.4, -0.2) is 18.6 Å². The van der Waals surface area contributed by atoms with Crippen molar-refractivity contribution in [2.45, 2.75) is 32.7 Å². The molecule has 90 valence electrons. The van der Waals surface area contributed by atoms with E-state index in [-0.39, 0.29) is 12.4 Å². The largest absolute Gasteiger partial charge is 0.357 e. The molecular weight excluding hydrogens is 205 g/mol. The number of aromatic nitrogens is 1. The smallest absolute Gasteiger partial charge is 0.170 e. The zero-order chi connectivity index (χ0) is 12.0. The maximum absolute atomic E-state index is 13.8. The normalized spacial score (nSPS) is 10.5. The first-order valence-electron chi connectivity index (χ1n) is 5.75. The third kappa shape index (κ3) is 3.17. The second-order valence-electron chi connectivity index (χ2n) is 3.94. The molecule has 1 rings (SSSR count). The SMILES string of the molecule is CCCCCN(C)c1nccc(CN)c1F. The molecule has 4 heteroatoms. The Kier molecular flexibility index (Phi) is 5.19. The van der Waals surface area contributed by atoms with E-state index < -0.39 is 0 Å². The van der Waals surface area contributed by atoms with Crippen molar-refractivity contribution in [2.24, 2.45) is 5.73 Å². The third-order valence-electron chi connectivity index (χ3n) is 2.63. The molecule has 16 heavy (non-hydrogen) atoms. The van der Waals surface area contributed by atoms with Gasteiger partial charge in [-0.3, -0.25) is 0 Å². The van der Waals surface area contributed by atoms with Crippen molar-refractivity contribution >= 4 is 5.82 Å². The van der Waals surface area contributed by atoms with Crippen molar-refractivity contribution in [3.63, 3.8) is 0 Å². The minimum absolute atomic E-state index is 0.212. The van der Waals surface area contributed by atoms with Crippen molar-refractivity contribution < 1.29 is 4.39 Å². The Morgan fingerprint density at radius 2 is 2.19 bits per heavy atom. The number of pyridine rings is 1. The van der Waals surface area contributed by atoms with Gasteiger partial charge in [0, 0.05) is 31.9 Å². The molecule has 0 saturated carbocycles. The number of anilines is 1. The fraction of sp³-hybridized carbons (Fsp3) is 0.583. The van der Waals surface area contributed by atoms with Crippen molar-refractivity contribution in [1.29, 1.82) is 0 Å². The van der Waals surface area contributed by atoms with E-state index in [9.17, 15) is 4.39 Å². The van der Waals surface area contributed by atoms with Crippen LogP contribution in [0.2, 0.25) is 0 Å². The van der Waals surface area contributed by atoms with Gasteiger partial charge in [0.1, 0.15) is 0 Å². The standard InChI is InChI=1S/C12H20FN3/c1-3-4-5-8-16(2)12-11(13)10(9-14)6-7-15-12/h6-7H,3-5,8-9,14H2,1-2H3. The van der Waals surface area contributed by atoms with Gasteiger partial charge in [0.2, 0.25) is 0 Å². The van der Waals surface area contributed by atoms with Gasteiger partial charge < -0.3 is 10.6 Å². The van der Waals surface area contributed by atoms with E-state index in [0.717, 1.165) is 25.8 Å². The highest BCUT2D eigenvalue weighted by molar-refractivity contribution is 5.42. The monoisotopic (exact) mass is 225 g/mol. The highest BCUT2D eigenvalue weighted by Gasteiger charge is 2.11. The first-order chi connectivity index (χ1) is 7.70. The Labute approximate surface area is 96.5 Å². The molecule has 3 nitrogen and oxygen atoms in total. The van der Waals surface area contributed by atoms with Gasteiger partial charge in [-0.2, -0.15) is 0 Å². The van der Waals surface area contributed by atoms with E-state index >= 15 is 0 Å². The molecule has 0 unspecified atom stereocenters. The summed E-state index contributed by atoms with van der Waals surface area (Å²) in [6, 6.07) is 1.62. The van der Waals surface area contributed by atoms with Gasteiger partial charge in [-0.05, 0) is 12.5 Å². The number of hydrogen-bond acceptors (Lipinski definition) is 3.